The highest BCUT2D eigenvalue weighted by molar-refractivity contribution is 6.21. The predicted molar refractivity (Wildman–Crippen MR) is 89.0 cm³/mol. The van der Waals surface area contributed by atoms with E-state index >= 15 is 0 Å². The molecule has 0 atom stereocenters. The summed E-state index contributed by atoms with van der Waals surface area (Å²) >= 11 is 0. The third-order valence-electron chi connectivity index (χ3n) is 4.44. The SMILES string of the molecule is O=c1c2cccc(O)c2c2cccc3c4ccccc4n1c32. The number of phenols is 1. The average molecular weight is 285 g/mol. The Kier molecular flexibility index (Phi) is 1.98. The van der Waals surface area contributed by atoms with Crippen molar-refractivity contribution in [3.05, 3.63) is 71.0 Å². The van der Waals surface area contributed by atoms with E-state index in [1.807, 2.05) is 42.5 Å². The lowest BCUT2D eigenvalue weighted by atomic mass is 10.0. The second kappa shape index (κ2) is 3.77. The Balaban J connectivity index is 2.32. The highest BCUT2D eigenvalue weighted by Crippen LogP contribution is 2.36. The molecule has 104 valence electrons. The molecule has 1 N–H and O–H groups in total. The van der Waals surface area contributed by atoms with Crippen LogP contribution < -0.4 is 5.56 Å². The van der Waals surface area contributed by atoms with Gasteiger partial charge in [-0.3, -0.25) is 9.20 Å². The van der Waals surface area contributed by atoms with E-state index in [0.717, 1.165) is 27.2 Å². The Morgan fingerprint density at radius 2 is 1.41 bits per heavy atom. The van der Waals surface area contributed by atoms with Crippen LogP contribution in [-0.4, -0.2) is 9.51 Å². The fourth-order valence-electron chi connectivity index (χ4n) is 3.55. The van der Waals surface area contributed by atoms with Gasteiger partial charge in [-0.15, -0.1) is 0 Å². The van der Waals surface area contributed by atoms with E-state index in [9.17, 15) is 9.90 Å². The van der Waals surface area contributed by atoms with Crippen LogP contribution in [0.15, 0.2) is 65.5 Å². The van der Waals surface area contributed by atoms with Crippen LogP contribution >= 0.6 is 0 Å². The molecule has 0 saturated carbocycles. The van der Waals surface area contributed by atoms with Gasteiger partial charge >= 0.3 is 0 Å². The molecule has 0 aliphatic heterocycles. The van der Waals surface area contributed by atoms with E-state index in [1.54, 1.807) is 22.6 Å². The summed E-state index contributed by atoms with van der Waals surface area (Å²) < 4.78 is 1.77. The zero-order chi connectivity index (χ0) is 14.8. The minimum atomic E-state index is -0.0872. The quantitative estimate of drug-likeness (QED) is 0.438. The summed E-state index contributed by atoms with van der Waals surface area (Å²) in [7, 11) is 0. The Bertz CT molecular complexity index is 1250. The van der Waals surface area contributed by atoms with Gasteiger partial charge in [-0.2, -0.15) is 0 Å². The normalized spacial score (nSPS) is 12.0. The lowest BCUT2D eigenvalue weighted by Crippen LogP contribution is -2.12. The van der Waals surface area contributed by atoms with Crippen LogP contribution in [0, 0.1) is 0 Å². The predicted octanol–water partition coefficient (Wildman–Crippen LogP) is 3.90. The maximum Gasteiger partial charge on any atom is 0.263 e. The Morgan fingerprint density at radius 3 is 2.32 bits per heavy atom. The first-order valence-corrected chi connectivity index (χ1v) is 7.16. The fraction of sp³-hybridized carbons (Fsp3) is 0. The molecule has 0 amide bonds. The summed E-state index contributed by atoms with van der Waals surface area (Å²) in [6.07, 6.45) is 0. The number of fused-ring (bicyclic) bond motifs is 5. The number of nitrogens with zero attached hydrogens (tertiary/aromatic N) is 1. The van der Waals surface area contributed by atoms with Crippen molar-refractivity contribution in [1.82, 2.24) is 4.40 Å². The summed E-state index contributed by atoms with van der Waals surface area (Å²) in [6, 6.07) is 19.0. The standard InChI is InChI=1S/C19H11NO2/c21-16-10-4-8-14-17(16)13-7-3-6-12-11-5-1-2-9-15(11)20(18(12)13)19(14)22/h1-10,21H. The molecule has 0 bridgehead atoms. The van der Waals surface area contributed by atoms with Gasteiger partial charge < -0.3 is 5.11 Å². The minimum Gasteiger partial charge on any atom is -0.507 e. The lowest BCUT2D eigenvalue weighted by Gasteiger charge is -2.07. The number of hydrogen-bond acceptors (Lipinski definition) is 2. The molecular weight excluding hydrogens is 274 g/mol. The van der Waals surface area contributed by atoms with E-state index < -0.39 is 0 Å². The molecule has 0 saturated heterocycles. The largest absolute Gasteiger partial charge is 0.507 e. The number of para-hydroxylation sites is 2. The highest BCUT2D eigenvalue weighted by atomic mass is 16.3. The van der Waals surface area contributed by atoms with Gasteiger partial charge in [0.1, 0.15) is 5.75 Å². The molecule has 0 aliphatic rings. The van der Waals surface area contributed by atoms with Crippen molar-refractivity contribution in [3.8, 4) is 5.75 Å². The monoisotopic (exact) mass is 285 g/mol. The van der Waals surface area contributed by atoms with Crippen LogP contribution in [0.2, 0.25) is 0 Å². The zero-order valence-corrected chi connectivity index (χ0v) is 11.6. The molecule has 0 radical (unpaired) electrons. The van der Waals surface area contributed by atoms with Crippen LogP contribution in [0.4, 0.5) is 0 Å². The topological polar surface area (TPSA) is 41.7 Å². The van der Waals surface area contributed by atoms with Gasteiger partial charge in [0.15, 0.2) is 0 Å². The van der Waals surface area contributed by atoms with Crippen LogP contribution in [0.5, 0.6) is 5.75 Å². The first kappa shape index (κ1) is 11.6. The van der Waals surface area contributed by atoms with E-state index in [0.29, 0.717) is 10.8 Å². The molecule has 22 heavy (non-hydrogen) atoms. The maximum atomic E-state index is 13.0. The van der Waals surface area contributed by atoms with Crippen molar-refractivity contribution >= 4 is 38.0 Å². The number of hydrogen-bond donors (Lipinski definition) is 1. The van der Waals surface area contributed by atoms with Crippen molar-refractivity contribution in [1.29, 1.82) is 0 Å². The minimum absolute atomic E-state index is 0.0872. The summed E-state index contributed by atoms with van der Waals surface area (Å²) in [5, 5.41) is 14.4. The lowest BCUT2D eigenvalue weighted by molar-refractivity contribution is 0.482. The Hall–Kier alpha value is -3.07. The first-order valence-electron chi connectivity index (χ1n) is 7.16. The number of benzene rings is 3. The van der Waals surface area contributed by atoms with Gasteiger partial charge in [-0.05, 0) is 18.2 Å². The summed E-state index contributed by atoms with van der Waals surface area (Å²) in [5.74, 6) is 0.148. The third-order valence-corrected chi connectivity index (χ3v) is 4.44. The van der Waals surface area contributed by atoms with Crippen molar-refractivity contribution in [3.63, 3.8) is 0 Å². The van der Waals surface area contributed by atoms with Gasteiger partial charge in [0.25, 0.3) is 5.56 Å². The van der Waals surface area contributed by atoms with Gasteiger partial charge in [-0.1, -0.05) is 42.5 Å². The van der Waals surface area contributed by atoms with E-state index in [2.05, 4.69) is 0 Å². The smallest absolute Gasteiger partial charge is 0.263 e. The zero-order valence-electron chi connectivity index (χ0n) is 11.6. The van der Waals surface area contributed by atoms with Gasteiger partial charge in [0.05, 0.1) is 16.4 Å². The fourth-order valence-corrected chi connectivity index (χ4v) is 3.55. The van der Waals surface area contributed by atoms with Gasteiger partial charge in [0, 0.05) is 21.5 Å². The molecule has 3 aromatic carbocycles. The molecule has 0 spiro atoms. The summed E-state index contributed by atoms with van der Waals surface area (Å²) in [5.41, 5.74) is 1.70. The molecule has 0 fully saturated rings. The molecule has 3 heteroatoms. The molecule has 2 heterocycles. The van der Waals surface area contributed by atoms with Crippen LogP contribution in [-0.2, 0) is 0 Å². The molecule has 3 nitrogen and oxygen atoms in total. The number of aromatic nitrogens is 1. The van der Waals surface area contributed by atoms with Crippen LogP contribution in [0.25, 0.3) is 38.0 Å². The second-order valence-electron chi connectivity index (χ2n) is 5.56. The summed E-state index contributed by atoms with van der Waals surface area (Å²) in [4.78, 5) is 13.0. The Labute approximate surface area is 125 Å². The van der Waals surface area contributed by atoms with E-state index in [-0.39, 0.29) is 11.3 Å². The molecule has 5 aromatic rings. The number of phenolic OH excluding ortho intramolecular Hbond substituents is 1. The highest BCUT2D eigenvalue weighted by Gasteiger charge is 2.17. The average Bonchev–Trinajstić information content (AvgIpc) is 2.88. The number of rotatable bonds is 0. The van der Waals surface area contributed by atoms with Crippen LogP contribution in [0.1, 0.15) is 0 Å². The molecule has 0 aliphatic carbocycles. The van der Waals surface area contributed by atoms with E-state index in [1.165, 1.54) is 0 Å². The number of pyridine rings is 1. The van der Waals surface area contributed by atoms with E-state index in [4.69, 9.17) is 0 Å². The van der Waals surface area contributed by atoms with Crippen molar-refractivity contribution < 1.29 is 5.11 Å². The van der Waals surface area contributed by atoms with Crippen molar-refractivity contribution in [2.45, 2.75) is 0 Å². The second-order valence-corrected chi connectivity index (χ2v) is 5.56. The summed E-state index contributed by atoms with van der Waals surface area (Å²) in [6.45, 7) is 0. The van der Waals surface area contributed by atoms with Crippen LogP contribution in [0.3, 0.4) is 0 Å². The Morgan fingerprint density at radius 1 is 0.727 bits per heavy atom. The molecule has 5 rings (SSSR count). The molecule has 2 aromatic heterocycles. The van der Waals surface area contributed by atoms with Gasteiger partial charge in [-0.25, -0.2) is 0 Å². The molecule has 0 unspecified atom stereocenters. The molecular formula is C19H11NO2. The first-order chi connectivity index (χ1) is 10.8. The van der Waals surface area contributed by atoms with Crippen molar-refractivity contribution in [2.75, 3.05) is 0 Å². The van der Waals surface area contributed by atoms with Gasteiger partial charge in [0.2, 0.25) is 0 Å². The third kappa shape index (κ3) is 1.20. The number of aromatic hydroxyl groups is 1. The maximum absolute atomic E-state index is 13.0. The van der Waals surface area contributed by atoms with Crippen molar-refractivity contribution in [2.24, 2.45) is 0 Å².